The maximum absolute atomic E-state index is 14.2. The van der Waals surface area contributed by atoms with Crippen LogP contribution in [0.3, 0.4) is 0 Å². The normalized spacial score (nSPS) is 32.4. The third-order valence-electron chi connectivity index (χ3n) is 7.53. The van der Waals surface area contributed by atoms with Crippen LogP contribution in [0.2, 0.25) is 0 Å². The van der Waals surface area contributed by atoms with Gasteiger partial charge in [-0.05, 0) is 40.5 Å². The van der Waals surface area contributed by atoms with Gasteiger partial charge in [-0.3, -0.25) is 14.4 Å². The molecule has 7 atom stereocenters. The van der Waals surface area contributed by atoms with Crippen LogP contribution in [0.5, 0.6) is 0 Å². The lowest BCUT2D eigenvalue weighted by atomic mass is 9.70. The molecular weight excluding hydrogens is 514 g/mol. The maximum Gasteiger partial charge on any atom is 0.249 e. The lowest BCUT2D eigenvalue weighted by molar-refractivity contribution is -0.154. The first-order valence-corrected chi connectivity index (χ1v) is 13.4. The lowest BCUT2D eigenvalue weighted by Crippen LogP contribution is -2.61. The molecule has 196 valence electrons. The molecule has 3 aliphatic rings. The van der Waals surface area contributed by atoms with Crippen LogP contribution in [-0.4, -0.2) is 97.9 Å². The standard InChI is InChI=1S/C26H40BrN3O5/c1-8-11-28(12-9-2)22(32)18-19-23(33)30(16(4)15-31)21(26(19)14-17(27)20(18)35-26)24(34)29(13-10-3)25(5,6)7/h8,10,16-21,31H,1,3,9,11-15H2,2,4-7H3/t16-,17?,18+,19+,20+,21?,26?/m1/s1. The van der Waals surface area contributed by atoms with Crippen molar-refractivity contribution in [3.8, 4) is 0 Å². The van der Waals surface area contributed by atoms with Crippen LogP contribution in [0, 0.1) is 11.8 Å². The first-order chi connectivity index (χ1) is 16.4. The fourth-order valence-electron chi connectivity index (χ4n) is 6.09. The summed E-state index contributed by atoms with van der Waals surface area (Å²) in [5, 5.41) is 10.0. The van der Waals surface area contributed by atoms with E-state index in [4.69, 9.17) is 4.74 Å². The number of amides is 3. The van der Waals surface area contributed by atoms with Crippen molar-refractivity contribution in [1.29, 1.82) is 0 Å². The topological polar surface area (TPSA) is 90.4 Å². The van der Waals surface area contributed by atoms with Gasteiger partial charge in [-0.2, -0.15) is 0 Å². The zero-order chi connectivity index (χ0) is 26.3. The fraction of sp³-hybridized carbons (Fsp3) is 0.731. The summed E-state index contributed by atoms with van der Waals surface area (Å²) in [4.78, 5) is 46.8. The van der Waals surface area contributed by atoms with Crippen molar-refractivity contribution < 1.29 is 24.2 Å². The summed E-state index contributed by atoms with van der Waals surface area (Å²) in [7, 11) is 0. The van der Waals surface area contributed by atoms with Gasteiger partial charge in [0.25, 0.3) is 0 Å². The Morgan fingerprint density at radius 2 is 1.91 bits per heavy atom. The van der Waals surface area contributed by atoms with Crippen molar-refractivity contribution in [1.82, 2.24) is 14.7 Å². The molecule has 0 aliphatic carbocycles. The Morgan fingerprint density at radius 1 is 1.29 bits per heavy atom. The van der Waals surface area contributed by atoms with E-state index in [1.807, 2.05) is 27.7 Å². The second-order valence-electron chi connectivity index (χ2n) is 10.9. The Labute approximate surface area is 217 Å². The number of ether oxygens (including phenoxy) is 1. The van der Waals surface area contributed by atoms with Gasteiger partial charge in [0.2, 0.25) is 17.7 Å². The van der Waals surface area contributed by atoms with Gasteiger partial charge in [0, 0.05) is 30.0 Å². The molecule has 2 bridgehead atoms. The van der Waals surface area contributed by atoms with E-state index in [-0.39, 0.29) is 29.2 Å². The molecule has 8 nitrogen and oxygen atoms in total. The quantitative estimate of drug-likeness (QED) is 0.331. The summed E-state index contributed by atoms with van der Waals surface area (Å²) in [5.74, 6) is -2.19. The first-order valence-electron chi connectivity index (χ1n) is 12.5. The minimum Gasteiger partial charge on any atom is -0.394 e. The molecule has 3 heterocycles. The molecule has 3 aliphatic heterocycles. The van der Waals surface area contributed by atoms with Crippen molar-refractivity contribution in [2.45, 2.75) is 81.6 Å². The second kappa shape index (κ2) is 10.3. The zero-order valence-electron chi connectivity index (χ0n) is 21.6. The molecule has 3 unspecified atom stereocenters. The van der Waals surface area contributed by atoms with Crippen LogP contribution in [0.15, 0.2) is 25.3 Å². The second-order valence-corrected chi connectivity index (χ2v) is 12.1. The number of rotatable bonds is 10. The van der Waals surface area contributed by atoms with Crippen molar-refractivity contribution in [2.24, 2.45) is 11.8 Å². The molecular formula is C26H40BrN3O5. The summed E-state index contributed by atoms with van der Waals surface area (Å²) >= 11 is 3.70. The maximum atomic E-state index is 14.2. The fourth-order valence-corrected chi connectivity index (χ4v) is 7.03. The number of carbonyl (C=O) groups excluding carboxylic acids is 3. The number of likely N-dealkylation sites (tertiary alicyclic amines) is 1. The van der Waals surface area contributed by atoms with Crippen LogP contribution < -0.4 is 0 Å². The van der Waals surface area contributed by atoms with Crippen LogP contribution >= 0.6 is 15.9 Å². The minimum absolute atomic E-state index is 0.149. The van der Waals surface area contributed by atoms with Gasteiger partial charge in [-0.1, -0.05) is 35.0 Å². The van der Waals surface area contributed by atoms with Gasteiger partial charge >= 0.3 is 0 Å². The van der Waals surface area contributed by atoms with E-state index in [0.29, 0.717) is 26.1 Å². The number of aliphatic hydroxyl groups is 1. The van der Waals surface area contributed by atoms with Gasteiger partial charge in [0.15, 0.2) is 0 Å². The average Bonchev–Trinajstić information content (AvgIpc) is 3.38. The largest absolute Gasteiger partial charge is 0.394 e. The van der Waals surface area contributed by atoms with Crippen molar-refractivity contribution in [2.75, 3.05) is 26.2 Å². The van der Waals surface area contributed by atoms with E-state index in [1.165, 1.54) is 4.90 Å². The van der Waals surface area contributed by atoms with E-state index in [9.17, 15) is 19.5 Å². The van der Waals surface area contributed by atoms with E-state index in [2.05, 4.69) is 29.1 Å². The smallest absolute Gasteiger partial charge is 0.249 e. The third-order valence-corrected chi connectivity index (χ3v) is 8.37. The molecule has 0 saturated carbocycles. The zero-order valence-corrected chi connectivity index (χ0v) is 23.2. The Balaban J connectivity index is 2.13. The highest BCUT2D eigenvalue weighted by Crippen LogP contribution is 2.61. The number of carbonyl (C=O) groups is 3. The molecule has 9 heteroatoms. The lowest BCUT2D eigenvalue weighted by Gasteiger charge is -2.43. The number of fused-ring (bicyclic) bond motifs is 1. The van der Waals surface area contributed by atoms with E-state index >= 15 is 0 Å². The van der Waals surface area contributed by atoms with Crippen LogP contribution in [0.25, 0.3) is 0 Å². The summed E-state index contributed by atoms with van der Waals surface area (Å²) in [6.07, 6.45) is 4.05. The summed E-state index contributed by atoms with van der Waals surface area (Å²) in [5.41, 5.74) is -1.67. The summed E-state index contributed by atoms with van der Waals surface area (Å²) < 4.78 is 6.57. The number of nitrogens with zero attached hydrogens (tertiary/aromatic N) is 3. The van der Waals surface area contributed by atoms with E-state index < -0.39 is 41.2 Å². The molecule has 0 radical (unpaired) electrons. The number of hydrogen-bond donors (Lipinski definition) is 1. The SMILES string of the molecule is C=CCN(CCC)C(=O)[C@H]1[C@H]2C(=O)N([C@H](C)CO)C(C(=O)N(CC=C)C(C)(C)C)C23CC(Br)[C@@H]1O3. The van der Waals surface area contributed by atoms with Gasteiger partial charge in [-0.15, -0.1) is 13.2 Å². The van der Waals surface area contributed by atoms with Gasteiger partial charge in [-0.25, -0.2) is 0 Å². The van der Waals surface area contributed by atoms with Crippen molar-refractivity contribution in [3.63, 3.8) is 0 Å². The van der Waals surface area contributed by atoms with Crippen LogP contribution in [0.1, 0.15) is 47.5 Å². The summed E-state index contributed by atoms with van der Waals surface area (Å²) in [6.45, 7) is 18.1. The number of aliphatic hydroxyl groups excluding tert-OH is 1. The van der Waals surface area contributed by atoms with Crippen LogP contribution in [-0.2, 0) is 19.1 Å². The Morgan fingerprint density at radius 3 is 2.43 bits per heavy atom. The first kappa shape index (κ1) is 27.9. The molecule has 0 aromatic heterocycles. The summed E-state index contributed by atoms with van der Waals surface area (Å²) in [6, 6.07) is -1.54. The highest BCUT2D eigenvalue weighted by molar-refractivity contribution is 9.09. The molecule has 3 amide bonds. The molecule has 3 fully saturated rings. The monoisotopic (exact) mass is 553 g/mol. The molecule has 1 spiro atoms. The number of alkyl halides is 1. The predicted octanol–water partition coefficient (Wildman–Crippen LogP) is 2.35. The minimum atomic E-state index is -1.15. The molecule has 35 heavy (non-hydrogen) atoms. The molecule has 3 rings (SSSR count). The van der Waals surface area contributed by atoms with Gasteiger partial charge < -0.3 is 24.5 Å². The van der Waals surface area contributed by atoms with E-state index in [1.54, 1.807) is 28.9 Å². The number of halogens is 1. The Kier molecular flexibility index (Phi) is 8.24. The highest BCUT2D eigenvalue weighted by Gasteiger charge is 2.77. The average molecular weight is 555 g/mol. The molecule has 1 N–H and O–H groups in total. The third kappa shape index (κ3) is 4.48. The van der Waals surface area contributed by atoms with Gasteiger partial charge in [0.05, 0.1) is 30.6 Å². The Bertz CT molecular complexity index is 874. The van der Waals surface area contributed by atoms with E-state index in [0.717, 1.165) is 6.42 Å². The number of hydrogen-bond acceptors (Lipinski definition) is 5. The molecule has 0 aromatic carbocycles. The highest BCUT2D eigenvalue weighted by atomic mass is 79.9. The molecule has 3 saturated heterocycles. The van der Waals surface area contributed by atoms with Crippen LogP contribution in [0.4, 0.5) is 0 Å². The predicted molar refractivity (Wildman–Crippen MR) is 138 cm³/mol. The van der Waals surface area contributed by atoms with Crippen molar-refractivity contribution >= 4 is 33.7 Å². The van der Waals surface area contributed by atoms with Gasteiger partial charge in [0.1, 0.15) is 11.6 Å². The Hall–Kier alpha value is -1.71. The molecule has 0 aromatic rings. The van der Waals surface area contributed by atoms with Crippen molar-refractivity contribution in [3.05, 3.63) is 25.3 Å².